The van der Waals surface area contributed by atoms with Crippen LogP contribution in [0.2, 0.25) is 0 Å². The standard InChI is InChI=1S/C19H20N2O4/c1-13(22)14-6-5-9-17(11-14)25-12-18(23)20-16-8-4-7-15(10-16)19(24)21(2)3/h4-11H,12H2,1-3H3,(H,20,23). The van der Waals surface area contributed by atoms with Gasteiger partial charge < -0.3 is 15.0 Å². The highest BCUT2D eigenvalue weighted by molar-refractivity contribution is 5.97. The van der Waals surface area contributed by atoms with Crippen LogP contribution in [0.4, 0.5) is 5.69 Å². The van der Waals surface area contributed by atoms with Crippen LogP contribution in [0, 0.1) is 0 Å². The van der Waals surface area contributed by atoms with Crippen LogP contribution in [0.25, 0.3) is 0 Å². The molecule has 1 N–H and O–H groups in total. The first kappa shape index (κ1) is 18.2. The topological polar surface area (TPSA) is 75.7 Å². The van der Waals surface area contributed by atoms with E-state index in [0.717, 1.165) is 0 Å². The predicted molar refractivity (Wildman–Crippen MR) is 95.0 cm³/mol. The zero-order chi connectivity index (χ0) is 18.4. The van der Waals surface area contributed by atoms with Crippen molar-refractivity contribution in [1.82, 2.24) is 4.90 Å². The number of carbonyl (C=O) groups is 3. The van der Waals surface area contributed by atoms with Gasteiger partial charge in [0.15, 0.2) is 12.4 Å². The zero-order valence-corrected chi connectivity index (χ0v) is 14.4. The van der Waals surface area contributed by atoms with E-state index in [-0.39, 0.29) is 24.2 Å². The third-order valence-electron chi connectivity index (χ3n) is 3.41. The van der Waals surface area contributed by atoms with Gasteiger partial charge >= 0.3 is 0 Å². The average Bonchev–Trinajstić information content (AvgIpc) is 2.59. The zero-order valence-electron chi connectivity index (χ0n) is 14.4. The Kier molecular flexibility index (Phi) is 5.89. The maximum absolute atomic E-state index is 12.0. The number of nitrogens with one attached hydrogen (secondary N) is 1. The van der Waals surface area contributed by atoms with Crippen molar-refractivity contribution in [2.24, 2.45) is 0 Å². The Hall–Kier alpha value is -3.15. The normalized spacial score (nSPS) is 10.0. The second-order valence-corrected chi connectivity index (χ2v) is 5.70. The summed E-state index contributed by atoms with van der Waals surface area (Å²) < 4.78 is 5.41. The molecule has 25 heavy (non-hydrogen) atoms. The van der Waals surface area contributed by atoms with Crippen LogP contribution in [-0.2, 0) is 4.79 Å². The van der Waals surface area contributed by atoms with Gasteiger partial charge in [-0.1, -0.05) is 18.2 Å². The van der Waals surface area contributed by atoms with Crippen LogP contribution in [0.1, 0.15) is 27.6 Å². The lowest BCUT2D eigenvalue weighted by molar-refractivity contribution is -0.118. The lowest BCUT2D eigenvalue weighted by Crippen LogP contribution is -2.23. The monoisotopic (exact) mass is 340 g/mol. The molecule has 0 fully saturated rings. The molecule has 0 aliphatic heterocycles. The minimum absolute atomic E-state index is 0.0720. The summed E-state index contributed by atoms with van der Waals surface area (Å²) in [5.41, 5.74) is 1.52. The fourth-order valence-electron chi connectivity index (χ4n) is 2.14. The molecule has 0 unspecified atom stereocenters. The van der Waals surface area contributed by atoms with E-state index in [2.05, 4.69) is 5.32 Å². The molecule has 6 heteroatoms. The minimum atomic E-state index is -0.359. The van der Waals surface area contributed by atoms with Crippen LogP contribution >= 0.6 is 0 Å². The largest absolute Gasteiger partial charge is 0.484 e. The average molecular weight is 340 g/mol. The van der Waals surface area contributed by atoms with E-state index >= 15 is 0 Å². The van der Waals surface area contributed by atoms with E-state index in [1.807, 2.05) is 0 Å². The number of hydrogen-bond acceptors (Lipinski definition) is 4. The van der Waals surface area contributed by atoms with Crippen LogP contribution in [0.5, 0.6) is 5.75 Å². The number of hydrogen-bond donors (Lipinski definition) is 1. The Labute approximate surface area is 146 Å². The molecule has 130 valence electrons. The number of anilines is 1. The second kappa shape index (κ2) is 8.10. The number of ketones is 1. The van der Waals surface area contributed by atoms with E-state index in [0.29, 0.717) is 22.6 Å². The smallest absolute Gasteiger partial charge is 0.262 e. The third kappa shape index (κ3) is 5.17. The molecule has 0 aromatic heterocycles. The van der Waals surface area contributed by atoms with Crippen molar-refractivity contribution in [2.45, 2.75) is 6.92 Å². The molecule has 0 saturated heterocycles. The van der Waals surface area contributed by atoms with Gasteiger partial charge in [0.2, 0.25) is 0 Å². The number of amides is 2. The quantitative estimate of drug-likeness (QED) is 0.820. The Morgan fingerprint density at radius 3 is 2.36 bits per heavy atom. The van der Waals surface area contributed by atoms with E-state index in [9.17, 15) is 14.4 Å². The van der Waals surface area contributed by atoms with Crippen LogP contribution < -0.4 is 10.1 Å². The highest BCUT2D eigenvalue weighted by Gasteiger charge is 2.10. The molecule has 2 amide bonds. The highest BCUT2D eigenvalue weighted by atomic mass is 16.5. The van der Waals surface area contributed by atoms with Gasteiger partial charge in [-0.05, 0) is 37.3 Å². The number of ether oxygens (including phenoxy) is 1. The van der Waals surface area contributed by atoms with Crippen LogP contribution in [0.3, 0.4) is 0 Å². The van der Waals surface area contributed by atoms with Gasteiger partial charge in [-0.15, -0.1) is 0 Å². The fourth-order valence-corrected chi connectivity index (χ4v) is 2.14. The van der Waals surface area contributed by atoms with Gasteiger partial charge in [0.25, 0.3) is 11.8 Å². The molecule has 0 heterocycles. The van der Waals surface area contributed by atoms with E-state index in [1.165, 1.54) is 11.8 Å². The summed E-state index contributed by atoms with van der Waals surface area (Å²) in [6, 6.07) is 13.3. The summed E-state index contributed by atoms with van der Waals surface area (Å²) in [4.78, 5) is 36.8. The predicted octanol–water partition coefficient (Wildman–Crippen LogP) is 2.61. The Balaban J connectivity index is 1.97. The van der Waals surface area contributed by atoms with E-state index in [4.69, 9.17) is 4.74 Å². The summed E-state index contributed by atoms with van der Waals surface area (Å²) in [5, 5.41) is 2.68. The Bertz CT molecular complexity index is 800. The number of carbonyl (C=O) groups excluding carboxylic acids is 3. The SMILES string of the molecule is CC(=O)c1cccc(OCC(=O)Nc2cccc(C(=O)N(C)C)c2)c1. The van der Waals surface area contributed by atoms with Gasteiger partial charge in [-0.2, -0.15) is 0 Å². The van der Waals surface area contributed by atoms with E-state index < -0.39 is 0 Å². The van der Waals surface area contributed by atoms with Crippen molar-refractivity contribution < 1.29 is 19.1 Å². The van der Waals surface area contributed by atoms with Crippen molar-refractivity contribution in [3.8, 4) is 5.75 Å². The molecule has 0 aliphatic carbocycles. The van der Waals surface area contributed by atoms with Crippen molar-refractivity contribution in [2.75, 3.05) is 26.0 Å². The molecule has 0 radical (unpaired) electrons. The molecule has 2 rings (SSSR count). The van der Waals surface area contributed by atoms with Crippen LogP contribution in [0.15, 0.2) is 48.5 Å². The maximum Gasteiger partial charge on any atom is 0.262 e. The van der Waals surface area contributed by atoms with Crippen molar-refractivity contribution >= 4 is 23.3 Å². The van der Waals surface area contributed by atoms with Crippen molar-refractivity contribution in [1.29, 1.82) is 0 Å². The summed E-state index contributed by atoms with van der Waals surface area (Å²) >= 11 is 0. The second-order valence-electron chi connectivity index (χ2n) is 5.70. The van der Waals surface area contributed by atoms with Gasteiger partial charge in [-0.3, -0.25) is 14.4 Å². The van der Waals surface area contributed by atoms with Gasteiger partial charge in [0.1, 0.15) is 5.75 Å². The molecular weight excluding hydrogens is 320 g/mol. The number of nitrogens with zero attached hydrogens (tertiary/aromatic N) is 1. The third-order valence-corrected chi connectivity index (χ3v) is 3.41. The number of rotatable bonds is 6. The van der Waals surface area contributed by atoms with Crippen LogP contribution in [-0.4, -0.2) is 43.2 Å². The summed E-state index contributed by atoms with van der Waals surface area (Å²) in [5.74, 6) is -0.132. The highest BCUT2D eigenvalue weighted by Crippen LogP contribution is 2.15. The van der Waals surface area contributed by atoms with Gasteiger partial charge in [-0.25, -0.2) is 0 Å². The molecule has 2 aromatic carbocycles. The summed E-state index contributed by atoms with van der Waals surface area (Å²) in [7, 11) is 3.33. The van der Waals surface area contributed by atoms with E-state index in [1.54, 1.807) is 62.6 Å². The Morgan fingerprint density at radius 1 is 1.00 bits per heavy atom. The molecule has 0 saturated carbocycles. The molecule has 2 aromatic rings. The molecule has 0 atom stereocenters. The fraction of sp³-hybridized carbons (Fsp3) is 0.211. The number of benzene rings is 2. The molecular formula is C19H20N2O4. The van der Waals surface area contributed by atoms with Gasteiger partial charge in [0, 0.05) is 30.9 Å². The van der Waals surface area contributed by atoms with Gasteiger partial charge in [0.05, 0.1) is 0 Å². The molecule has 0 bridgehead atoms. The summed E-state index contributed by atoms with van der Waals surface area (Å²) in [6.07, 6.45) is 0. The first-order valence-electron chi connectivity index (χ1n) is 7.72. The lowest BCUT2D eigenvalue weighted by atomic mass is 10.1. The molecule has 0 spiro atoms. The first-order valence-corrected chi connectivity index (χ1v) is 7.72. The van der Waals surface area contributed by atoms with Crippen molar-refractivity contribution in [3.05, 3.63) is 59.7 Å². The molecule has 6 nitrogen and oxygen atoms in total. The maximum atomic E-state index is 12.0. The number of Topliss-reactive ketones (excluding diaryl/α,β-unsaturated/α-hetero) is 1. The van der Waals surface area contributed by atoms with Crippen molar-refractivity contribution in [3.63, 3.8) is 0 Å². The lowest BCUT2D eigenvalue weighted by Gasteiger charge is -2.12. The minimum Gasteiger partial charge on any atom is -0.484 e. The molecule has 0 aliphatic rings. The summed E-state index contributed by atoms with van der Waals surface area (Å²) in [6.45, 7) is 1.26. The Morgan fingerprint density at radius 2 is 1.68 bits per heavy atom. The first-order chi connectivity index (χ1) is 11.9.